The Labute approximate surface area is 108 Å². The summed E-state index contributed by atoms with van der Waals surface area (Å²) in [5, 5.41) is 0. The third-order valence-corrected chi connectivity index (χ3v) is 4.17. The van der Waals surface area contributed by atoms with Gasteiger partial charge in [0.05, 0.1) is 0 Å². The van der Waals surface area contributed by atoms with Gasteiger partial charge in [-0.1, -0.05) is 52.9 Å². The summed E-state index contributed by atoms with van der Waals surface area (Å²) in [7, 11) is 0. The van der Waals surface area contributed by atoms with Crippen molar-refractivity contribution in [1.29, 1.82) is 0 Å². The second kappa shape index (κ2) is 3.87. The standard InChI is InChI=1S/C13H12INO/c14-8-9-1-3-10(4-2-9)12-6-5-11-7-13(16)15(11)12/h1-4,6,11H,5,7-8H2/t11-/m1/s1. The minimum Gasteiger partial charge on any atom is -0.308 e. The summed E-state index contributed by atoms with van der Waals surface area (Å²) in [6, 6.07) is 8.97. The van der Waals surface area contributed by atoms with Gasteiger partial charge in [0.15, 0.2) is 0 Å². The van der Waals surface area contributed by atoms with Crippen LogP contribution in [0.4, 0.5) is 0 Å². The quantitative estimate of drug-likeness (QED) is 0.465. The summed E-state index contributed by atoms with van der Waals surface area (Å²) in [6.07, 6.45) is 3.94. The van der Waals surface area contributed by atoms with E-state index < -0.39 is 0 Å². The number of alkyl halides is 1. The Bertz CT molecular complexity index is 463. The van der Waals surface area contributed by atoms with Crippen molar-refractivity contribution in [3.05, 3.63) is 41.5 Å². The Kier molecular flexibility index (Phi) is 2.50. The molecular formula is C13H12INO. The van der Waals surface area contributed by atoms with Gasteiger partial charge in [0, 0.05) is 22.6 Å². The lowest BCUT2D eigenvalue weighted by Gasteiger charge is -2.36. The molecular weight excluding hydrogens is 313 g/mol. The smallest absolute Gasteiger partial charge is 0.229 e. The number of nitrogens with zero attached hydrogens (tertiary/aromatic N) is 1. The molecule has 1 saturated heterocycles. The number of carbonyl (C=O) groups is 1. The van der Waals surface area contributed by atoms with E-state index in [4.69, 9.17) is 0 Å². The first kappa shape index (κ1) is 10.3. The molecule has 1 amide bonds. The van der Waals surface area contributed by atoms with Gasteiger partial charge in [-0.2, -0.15) is 0 Å². The Hall–Kier alpha value is -0.840. The van der Waals surface area contributed by atoms with Crippen LogP contribution in [0.25, 0.3) is 5.70 Å². The van der Waals surface area contributed by atoms with E-state index in [1.54, 1.807) is 0 Å². The van der Waals surface area contributed by atoms with Gasteiger partial charge >= 0.3 is 0 Å². The summed E-state index contributed by atoms with van der Waals surface area (Å²) in [5.74, 6) is 0.270. The molecule has 2 nitrogen and oxygen atoms in total. The minimum absolute atomic E-state index is 0.270. The molecule has 0 spiro atoms. The van der Waals surface area contributed by atoms with Gasteiger partial charge in [-0.25, -0.2) is 0 Å². The molecule has 0 unspecified atom stereocenters. The maximum absolute atomic E-state index is 11.5. The maximum Gasteiger partial charge on any atom is 0.229 e. The third kappa shape index (κ3) is 1.49. The molecule has 1 fully saturated rings. The first-order chi connectivity index (χ1) is 7.79. The van der Waals surface area contributed by atoms with E-state index in [2.05, 4.69) is 52.9 Å². The monoisotopic (exact) mass is 325 g/mol. The van der Waals surface area contributed by atoms with Crippen LogP contribution in [0.15, 0.2) is 30.3 Å². The van der Waals surface area contributed by atoms with Crippen molar-refractivity contribution >= 4 is 34.2 Å². The molecule has 0 saturated carbocycles. The molecule has 82 valence electrons. The van der Waals surface area contributed by atoms with E-state index in [0.29, 0.717) is 6.04 Å². The number of halogens is 1. The van der Waals surface area contributed by atoms with Crippen molar-refractivity contribution in [1.82, 2.24) is 4.90 Å². The number of β-lactam (4-membered cyclic amide) rings is 1. The van der Waals surface area contributed by atoms with Crippen molar-refractivity contribution in [3.63, 3.8) is 0 Å². The van der Waals surface area contributed by atoms with Crippen LogP contribution in [0.5, 0.6) is 0 Å². The van der Waals surface area contributed by atoms with Crippen molar-refractivity contribution in [2.75, 3.05) is 0 Å². The van der Waals surface area contributed by atoms with Gasteiger partial charge in [-0.15, -0.1) is 0 Å². The van der Waals surface area contributed by atoms with Crippen molar-refractivity contribution in [2.45, 2.75) is 23.3 Å². The van der Waals surface area contributed by atoms with Gasteiger partial charge in [0.1, 0.15) is 0 Å². The first-order valence-electron chi connectivity index (χ1n) is 5.47. The molecule has 0 radical (unpaired) electrons. The number of fused-ring (bicyclic) bond motifs is 1. The summed E-state index contributed by atoms with van der Waals surface area (Å²) >= 11 is 2.36. The van der Waals surface area contributed by atoms with E-state index in [9.17, 15) is 4.79 Å². The average molecular weight is 325 g/mol. The van der Waals surface area contributed by atoms with Crippen LogP contribution in [-0.4, -0.2) is 16.8 Å². The number of rotatable bonds is 2. The molecule has 16 heavy (non-hydrogen) atoms. The van der Waals surface area contributed by atoms with E-state index in [1.807, 2.05) is 4.90 Å². The zero-order valence-corrected chi connectivity index (χ0v) is 11.0. The highest BCUT2D eigenvalue weighted by atomic mass is 127. The van der Waals surface area contributed by atoms with Crippen LogP contribution in [0.1, 0.15) is 24.0 Å². The zero-order chi connectivity index (χ0) is 11.1. The fraction of sp³-hybridized carbons (Fsp3) is 0.308. The van der Waals surface area contributed by atoms with Crippen LogP contribution in [0.2, 0.25) is 0 Å². The minimum atomic E-state index is 0.270. The molecule has 2 heterocycles. The molecule has 0 bridgehead atoms. The highest BCUT2D eigenvalue weighted by Gasteiger charge is 2.41. The van der Waals surface area contributed by atoms with E-state index in [0.717, 1.165) is 23.0 Å². The number of amides is 1. The number of carbonyl (C=O) groups excluding carboxylic acids is 1. The normalized spacial score (nSPS) is 22.8. The Morgan fingerprint density at radius 1 is 1.31 bits per heavy atom. The predicted octanol–water partition coefficient (Wildman–Crippen LogP) is 2.97. The largest absolute Gasteiger partial charge is 0.308 e. The molecule has 1 atom stereocenters. The molecule has 1 aromatic carbocycles. The molecule has 1 aromatic rings. The SMILES string of the molecule is O=C1C[C@H]2CC=C(c3ccc(CI)cc3)N12. The Balaban J connectivity index is 1.89. The van der Waals surface area contributed by atoms with Crippen molar-refractivity contribution in [2.24, 2.45) is 0 Å². The second-order valence-corrected chi connectivity index (χ2v) is 5.04. The van der Waals surface area contributed by atoms with Gasteiger partial charge in [0.25, 0.3) is 0 Å². The Morgan fingerprint density at radius 2 is 2.06 bits per heavy atom. The molecule has 3 rings (SSSR count). The van der Waals surface area contributed by atoms with Crippen LogP contribution in [0, 0.1) is 0 Å². The highest BCUT2D eigenvalue weighted by Crippen LogP contribution is 2.38. The first-order valence-corrected chi connectivity index (χ1v) is 6.99. The van der Waals surface area contributed by atoms with Gasteiger partial charge < -0.3 is 4.90 Å². The summed E-state index contributed by atoms with van der Waals surface area (Å²) < 4.78 is 1.03. The lowest BCUT2D eigenvalue weighted by Crippen LogP contribution is -2.47. The summed E-state index contributed by atoms with van der Waals surface area (Å²) in [6.45, 7) is 0. The fourth-order valence-corrected chi connectivity index (χ4v) is 2.88. The highest BCUT2D eigenvalue weighted by molar-refractivity contribution is 14.1. The van der Waals surface area contributed by atoms with Gasteiger partial charge in [-0.05, 0) is 17.5 Å². The van der Waals surface area contributed by atoms with Crippen molar-refractivity contribution in [3.8, 4) is 0 Å². The van der Waals surface area contributed by atoms with Gasteiger partial charge in [-0.3, -0.25) is 4.79 Å². The summed E-state index contributed by atoms with van der Waals surface area (Å²) in [5.41, 5.74) is 3.61. The Morgan fingerprint density at radius 3 is 2.69 bits per heavy atom. The van der Waals surface area contributed by atoms with Crippen molar-refractivity contribution < 1.29 is 4.79 Å². The zero-order valence-electron chi connectivity index (χ0n) is 8.82. The van der Waals surface area contributed by atoms with E-state index in [1.165, 1.54) is 11.1 Å². The molecule has 3 heteroatoms. The summed E-state index contributed by atoms with van der Waals surface area (Å²) in [4.78, 5) is 13.4. The maximum atomic E-state index is 11.5. The van der Waals surface area contributed by atoms with Crippen LogP contribution in [-0.2, 0) is 9.22 Å². The van der Waals surface area contributed by atoms with Crippen LogP contribution < -0.4 is 0 Å². The number of benzene rings is 1. The molecule has 2 aliphatic rings. The fourth-order valence-electron chi connectivity index (χ4n) is 2.37. The lowest BCUT2D eigenvalue weighted by molar-refractivity contribution is -0.139. The van der Waals surface area contributed by atoms with Crippen LogP contribution >= 0.6 is 22.6 Å². The van der Waals surface area contributed by atoms with Crippen LogP contribution in [0.3, 0.4) is 0 Å². The second-order valence-electron chi connectivity index (χ2n) is 4.28. The number of hydrogen-bond donors (Lipinski definition) is 0. The third-order valence-electron chi connectivity index (χ3n) is 3.29. The molecule has 0 N–H and O–H groups in total. The molecule has 0 aliphatic carbocycles. The lowest BCUT2D eigenvalue weighted by atomic mass is 10.0. The molecule has 2 aliphatic heterocycles. The molecule has 0 aromatic heterocycles. The number of hydrogen-bond acceptors (Lipinski definition) is 1. The average Bonchev–Trinajstić information content (AvgIpc) is 2.66. The van der Waals surface area contributed by atoms with E-state index in [-0.39, 0.29) is 5.91 Å². The predicted molar refractivity (Wildman–Crippen MR) is 72.0 cm³/mol. The topological polar surface area (TPSA) is 20.3 Å². The van der Waals surface area contributed by atoms with E-state index >= 15 is 0 Å². The van der Waals surface area contributed by atoms with Gasteiger partial charge in [0.2, 0.25) is 5.91 Å².